The largest absolute Gasteiger partial charge is 0.480 e. The van der Waals surface area contributed by atoms with Crippen molar-refractivity contribution in [3.05, 3.63) is 0 Å². The minimum absolute atomic E-state index is 0.0505. The topological polar surface area (TPSA) is 78.4 Å². The molecule has 0 saturated carbocycles. The van der Waals surface area contributed by atoms with Gasteiger partial charge in [-0.1, -0.05) is 13.8 Å². The number of carboxylic acid groups (broad SMARTS) is 1. The van der Waals surface area contributed by atoms with E-state index in [0.29, 0.717) is 0 Å². The first-order valence-electron chi connectivity index (χ1n) is 5.41. The molecule has 0 aromatic heterocycles. The molecule has 0 heterocycles. The highest BCUT2D eigenvalue weighted by Crippen LogP contribution is 2.11. The van der Waals surface area contributed by atoms with Crippen LogP contribution < -0.4 is 10.6 Å². The van der Waals surface area contributed by atoms with Crippen molar-refractivity contribution in [2.24, 2.45) is 5.92 Å². The Balaban J connectivity index is 4.07. The molecular formula is C10H17F3N2O3. The number of nitrogens with one attached hydrogen (secondary N) is 2. The summed E-state index contributed by atoms with van der Waals surface area (Å²) in [6.45, 7) is 1.71. The molecule has 5 nitrogen and oxygen atoms in total. The van der Waals surface area contributed by atoms with E-state index >= 15 is 0 Å². The fourth-order valence-electron chi connectivity index (χ4n) is 1.26. The number of carboxylic acids is 1. The van der Waals surface area contributed by atoms with Crippen LogP contribution in [0.4, 0.5) is 13.2 Å². The van der Waals surface area contributed by atoms with Crippen LogP contribution in [-0.2, 0) is 9.59 Å². The van der Waals surface area contributed by atoms with Gasteiger partial charge in [0, 0.05) is 0 Å². The van der Waals surface area contributed by atoms with E-state index in [0.717, 1.165) is 0 Å². The molecule has 0 spiro atoms. The number of rotatable bonds is 7. The molecule has 0 aromatic rings. The summed E-state index contributed by atoms with van der Waals surface area (Å²) in [6, 6.07) is -1.08. The van der Waals surface area contributed by atoms with E-state index in [-0.39, 0.29) is 12.3 Å². The lowest BCUT2D eigenvalue weighted by atomic mass is 10.0. The number of amides is 1. The lowest BCUT2D eigenvalue weighted by Gasteiger charge is -2.16. The summed E-state index contributed by atoms with van der Waals surface area (Å²) in [4.78, 5) is 22.0. The van der Waals surface area contributed by atoms with Crippen molar-refractivity contribution in [2.45, 2.75) is 32.5 Å². The number of hydrogen-bond acceptors (Lipinski definition) is 3. The van der Waals surface area contributed by atoms with Crippen molar-refractivity contribution < 1.29 is 27.9 Å². The van der Waals surface area contributed by atoms with Crippen LogP contribution in [0.5, 0.6) is 0 Å². The number of alkyl halides is 3. The molecule has 0 rings (SSSR count). The predicted molar refractivity (Wildman–Crippen MR) is 57.9 cm³/mol. The second-order valence-electron chi connectivity index (χ2n) is 4.31. The molecule has 18 heavy (non-hydrogen) atoms. The van der Waals surface area contributed by atoms with Crippen LogP contribution in [0.2, 0.25) is 0 Å². The summed E-state index contributed by atoms with van der Waals surface area (Å²) in [5, 5.41) is 12.9. The van der Waals surface area contributed by atoms with Crippen molar-refractivity contribution in [2.75, 3.05) is 13.1 Å². The molecule has 106 valence electrons. The van der Waals surface area contributed by atoms with Gasteiger partial charge in [-0.05, 0) is 12.3 Å². The minimum Gasteiger partial charge on any atom is -0.480 e. The summed E-state index contributed by atoms with van der Waals surface area (Å²) in [5.41, 5.74) is 0. The molecule has 0 aliphatic heterocycles. The Morgan fingerprint density at radius 1 is 1.28 bits per heavy atom. The van der Waals surface area contributed by atoms with E-state index in [1.807, 2.05) is 5.32 Å². The fourth-order valence-corrected chi connectivity index (χ4v) is 1.26. The van der Waals surface area contributed by atoms with Gasteiger partial charge in [0.05, 0.1) is 13.1 Å². The predicted octanol–water partition coefficient (Wildman–Crippen LogP) is 0.754. The molecule has 8 heteroatoms. The molecule has 1 amide bonds. The summed E-state index contributed by atoms with van der Waals surface area (Å²) >= 11 is 0. The molecule has 0 aromatic carbocycles. The van der Waals surface area contributed by atoms with Crippen LogP contribution in [0.25, 0.3) is 0 Å². The molecule has 0 unspecified atom stereocenters. The molecular weight excluding hydrogens is 253 g/mol. The van der Waals surface area contributed by atoms with Crippen LogP contribution in [0.3, 0.4) is 0 Å². The van der Waals surface area contributed by atoms with Crippen molar-refractivity contribution in [1.82, 2.24) is 10.6 Å². The number of carbonyl (C=O) groups is 2. The summed E-state index contributed by atoms with van der Waals surface area (Å²) in [7, 11) is 0. The standard InChI is InChI=1S/C10H17F3N2O3/c1-6(2)3-7(9(17)18)15-8(16)4-14-5-10(11,12)13/h6-7,14H,3-5H2,1-2H3,(H,15,16)(H,17,18)/t7-/m1/s1. The molecule has 0 radical (unpaired) electrons. The third-order valence-corrected chi connectivity index (χ3v) is 1.95. The van der Waals surface area contributed by atoms with Crippen molar-refractivity contribution in [1.29, 1.82) is 0 Å². The number of aliphatic carboxylic acids is 1. The maximum Gasteiger partial charge on any atom is 0.401 e. The highest BCUT2D eigenvalue weighted by atomic mass is 19.4. The maximum absolute atomic E-state index is 11.8. The van der Waals surface area contributed by atoms with E-state index in [4.69, 9.17) is 5.11 Å². The first-order valence-corrected chi connectivity index (χ1v) is 5.41. The van der Waals surface area contributed by atoms with Gasteiger partial charge in [-0.25, -0.2) is 4.79 Å². The van der Waals surface area contributed by atoms with Gasteiger partial charge in [0.15, 0.2) is 0 Å². The number of halogens is 3. The van der Waals surface area contributed by atoms with Gasteiger partial charge in [-0.2, -0.15) is 13.2 Å². The van der Waals surface area contributed by atoms with Gasteiger partial charge in [0.1, 0.15) is 6.04 Å². The van der Waals surface area contributed by atoms with Crippen LogP contribution in [0.1, 0.15) is 20.3 Å². The highest BCUT2D eigenvalue weighted by Gasteiger charge is 2.27. The quantitative estimate of drug-likeness (QED) is 0.638. The van der Waals surface area contributed by atoms with Gasteiger partial charge in [0.2, 0.25) is 5.91 Å². The number of hydrogen-bond donors (Lipinski definition) is 3. The van der Waals surface area contributed by atoms with Crippen LogP contribution in [0, 0.1) is 5.92 Å². The van der Waals surface area contributed by atoms with E-state index in [2.05, 4.69) is 5.32 Å². The van der Waals surface area contributed by atoms with E-state index in [1.54, 1.807) is 13.8 Å². The van der Waals surface area contributed by atoms with Gasteiger partial charge in [0.25, 0.3) is 0 Å². The van der Waals surface area contributed by atoms with Gasteiger partial charge >= 0.3 is 12.1 Å². The Hall–Kier alpha value is -1.31. The zero-order valence-corrected chi connectivity index (χ0v) is 10.2. The van der Waals surface area contributed by atoms with Gasteiger partial charge < -0.3 is 15.7 Å². The summed E-state index contributed by atoms with van der Waals surface area (Å²) < 4.78 is 35.3. The monoisotopic (exact) mass is 270 g/mol. The first-order chi connectivity index (χ1) is 8.11. The smallest absolute Gasteiger partial charge is 0.401 e. The normalized spacial score (nSPS) is 13.4. The second-order valence-corrected chi connectivity index (χ2v) is 4.31. The molecule has 3 N–H and O–H groups in total. The van der Waals surface area contributed by atoms with Crippen molar-refractivity contribution in [3.8, 4) is 0 Å². The maximum atomic E-state index is 11.8. The van der Waals surface area contributed by atoms with E-state index in [1.165, 1.54) is 0 Å². The Bertz CT molecular complexity index is 293. The van der Waals surface area contributed by atoms with E-state index in [9.17, 15) is 22.8 Å². The molecule has 0 fully saturated rings. The first kappa shape index (κ1) is 16.7. The Labute approximate surface area is 103 Å². The zero-order valence-electron chi connectivity index (χ0n) is 10.2. The fraction of sp³-hybridized carbons (Fsp3) is 0.800. The molecule has 0 aliphatic rings. The van der Waals surface area contributed by atoms with Crippen LogP contribution >= 0.6 is 0 Å². The highest BCUT2D eigenvalue weighted by molar-refractivity contribution is 5.84. The number of carbonyl (C=O) groups excluding carboxylic acids is 1. The molecule has 0 saturated heterocycles. The lowest BCUT2D eigenvalue weighted by molar-refractivity contribution is -0.142. The van der Waals surface area contributed by atoms with Gasteiger partial charge in [-0.3, -0.25) is 4.79 Å². The van der Waals surface area contributed by atoms with E-state index < -0.39 is 37.2 Å². The second kappa shape index (κ2) is 7.20. The Kier molecular flexibility index (Phi) is 6.67. The SMILES string of the molecule is CC(C)C[C@@H](NC(=O)CNCC(F)(F)F)C(=O)O. The molecule has 0 bridgehead atoms. The van der Waals surface area contributed by atoms with Gasteiger partial charge in [-0.15, -0.1) is 0 Å². The summed E-state index contributed by atoms with van der Waals surface area (Å²) in [5.74, 6) is -1.92. The third-order valence-electron chi connectivity index (χ3n) is 1.95. The zero-order chi connectivity index (χ0) is 14.3. The average Bonchev–Trinajstić information content (AvgIpc) is 2.13. The third kappa shape index (κ3) is 8.80. The molecule has 1 atom stereocenters. The van der Waals surface area contributed by atoms with Crippen molar-refractivity contribution >= 4 is 11.9 Å². The van der Waals surface area contributed by atoms with Crippen LogP contribution in [-0.4, -0.2) is 42.3 Å². The molecule has 0 aliphatic carbocycles. The average molecular weight is 270 g/mol. The minimum atomic E-state index is -4.40. The lowest BCUT2D eigenvalue weighted by Crippen LogP contribution is -2.46. The Morgan fingerprint density at radius 3 is 2.22 bits per heavy atom. The van der Waals surface area contributed by atoms with Crippen LogP contribution in [0.15, 0.2) is 0 Å². The van der Waals surface area contributed by atoms with Crippen molar-refractivity contribution in [3.63, 3.8) is 0 Å². The Morgan fingerprint density at radius 2 is 1.83 bits per heavy atom. The summed E-state index contributed by atoms with van der Waals surface area (Å²) in [6.07, 6.45) is -4.18.